The summed E-state index contributed by atoms with van der Waals surface area (Å²) in [6, 6.07) is 22.8. The second-order valence-electron chi connectivity index (χ2n) is 10.4. The molecule has 2 aliphatic heterocycles. The Hall–Kier alpha value is -3.38. The largest absolute Gasteiger partial charge is 0.371 e. The molecule has 0 aromatic heterocycles. The number of carbonyl (C=O) groups excluding carboxylic acids is 2. The van der Waals surface area contributed by atoms with Crippen molar-refractivity contribution in [1.82, 2.24) is 10.2 Å². The molecular weight excluding hydrogens is 501 g/mol. The Kier molecular flexibility index (Phi) is 7.98. The normalized spacial score (nSPS) is 19.3. The van der Waals surface area contributed by atoms with Gasteiger partial charge in [-0.05, 0) is 55.2 Å². The first kappa shape index (κ1) is 26.2. The van der Waals surface area contributed by atoms with Crippen molar-refractivity contribution in [3.05, 3.63) is 100 Å². The maximum Gasteiger partial charge on any atom is 0.258 e. The highest BCUT2D eigenvalue weighted by molar-refractivity contribution is 6.33. The quantitative estimate of drug-likeness (QED) is 0.387. The van der Waals surface area contributed by atoms with Gasteiger partial charge in [0.15, 0.2) is 0 Å². The van der Waals surface area contributed by atoms with Crippen molar-refractivity contribution < 1.29 is 14.0 Å². The Morgan fingerprint density at radius 3 is 2.39 bits per heavy atom. The molecule has 0 aliphatic carbocycles. The number of anilines is 1. The zero-order chi connectivity index (χ0) is 26.6. The van der Waals surface area contributed by atoms with Crippen molar-refractivity contribution in [3.63, 3.8) is 0 Å². The van der Waals surface area contributed by atoms with Gasteiger partial charge < -0.3 is 15.1 Å². The summed E-state index contributed by atoms with van der Waals surface area (Å²) in [4.78, 5) is 29.6. The van der Waals surface area contributed by atoms with Crippen molar-refractivity contribution in [2.24, 2.45) is 11.8 Å². The van der Waals surface area contributed by atoms with Crippen LogP contribution >= 0.6 is 11.6 Å². The first-order chi connectivity index (χ1) is 18.4. The number of likely N-dealkylation sites (tertiary alicyclic amines) is 1. The van der Waals surface area contributed by atoms with Gasteiger partial charge in [0, 0.05) is 50.2 Å². The van der Waals surface area contributed by atoms with E-state index in [0.717, 1.165) is 31.5 Å². The molecule has 0 saturated carbocycles. The molecule has 0 spiro atoms. The highest BCUT2D eigenvalue weighted by Crippen LogP contribution is 2.35. The third kappa shape index (κ3) is 5.70. The van der Waals surface area contributed by atoms with Crippen LogP contribution in [0.3, 0.4) is 0 Å². The first-order valence-electron chi connectivity index (χ1n) is 13.3. The minimum absolute atomic E-state index is 0.0237. The highest BCUT2D eigenvalue weighted by Gasteiger charge is 2.42. The van der Waals surface area contributed by atoms with Crippen LogP contribution in [0.2, 0.25) is 5.02 Å². The van der Waals surface area contributed by atoms with Crippen LogP contribution in [-0.4, -0.2) is 49.4 Å². The van der Waals surface area contributed by atoms with Crippen molar-refractivity contribution in [2.45, 2.75) is 25.7 Å². The minimum atomic E-state index is -0.566. The lowest BCUT2D eigenvalue weighted by Gasteiger charge is -2.24. The van der Waals surface area contributed by atoms with Crippen molar-refractivity contribution >= 4 is 29.1 Å². The summed E-state index contributed by atoms with van der Waals surface area (Å²) in [6.07, 6.45) is 1.76. The molecule has 2 amide bonds. The van der Waals surface area contributed by atoms with Crippen molar-refractivity contribution in [2.75, 3.05) is 37.6 Å². The molecule has 2 saturated heterocycles. The van der Waals surface area contributed by atoms with Gasteiger partial charge in [-0.1, -0.05) is 60.1 Å². The summed E-state index contributed by atoms with van der Waals surface area (Å²) in [6.45, 7) is 5.55. The summed E-state index contributed by atoms with van der Waals surface area (Å²) >= 11 is 6.13. The van der Waals surface area contributed by atoms with Gasteiger partial charge in [-0.15, -0.1) is 0 Å². The van der Waals surface area contributed by atoms with Crippen LogP contribution in [0.25, 0.3) is 0 Å². The van der Waals surface area contributed by atoms with E-state index in [1.165, 1.54) is 23.4 Å². The lowest BCUT2D eigenvalue weighted by Crippen LogP contribution is -2.34. The van der Waals surface area contributed by atoms with Crippen LogP contribution in [0.4, 0.5) is 10.1 Å². The van der Waals surface area contributed by atoms with Crippen LogP contribution in [0.15, 0.2) is 72.8 Å². The van der Waals surface area contributed by atoms with Crippen LogP contribution in [0.1, 0.15) is 40.7 Å². The van der Waals surface area contributed by atoms with Gasteiger partial charge in [0.25, 0.3) is 5.91 Å². The number of hydrogen-bond donors (Lipinski definition) is 1. The fourth-order valence-corrected chi connectivity index (χ4v) is 5.93. The lowest BCUT2D eigenvalue weighted by atomic mass is 10.0. The molecule has 1 N–H and O–H groups in total. The molecule has 7 heteroatoms. The molecule has 3 aromatic rings. The highest BCUT2D eigenvalue weighted by atomic mass is 35.5. The fourth-order valence-electron chi connectivity index (χ4n) is 5.69. The zero-order valence-corrected chi connectivity index (χ0v) is 22.3. The van der Waals surface area contributed by atoms with E-state index in [1.807, 2.05) is 37.3 Å². The molecule has 5 rings (SSSR count). The second kappa shape index (κ2) is 11.6. The molecule has 0 radical (unpaired) electrons. The molecule has 3 atom stereocenters. The number of nitrogens with zero attached hydrogens (tertiary/aromatic N) is 2. The number of aryl methyl sites for hydroxylation is 1. The van der Waals surface area contributed by atoms with E-state index in [4.69, 9.17) is 11.6 Å². The van der Waals surface area contributed by atoms with Gasteiger partial charge in [0.2, 0.25) is 5.91 Å². The number of carbonyl (C=O) groups is 2. The molecule has 3 unspecified atom stereocenters. The Bertz CT molecular complexity index is 1270. The summed E-state index contributed by atoms with van der Waals surface area (Å²) in [7, 11) is 0. The van der Waals surface area contributed by atoms with E-state index >= 15 is 0 Å². The molecule has 2 heterocycles. The molecule has 3 aromatic carbocycles. The second-order valence-corrected chi connectivity index (χ2v) is 10.8. The molecule has 2 fully saturated rings. The number of halogens is 2. The predicted octanol–water partition coefficient (Wildman–Crippen LogP) is 5.54. The van der Waals surface area contributed by atoms with Crippen LogP contribution in [0.5, 0.6) is 0 Å². The SMILES string of the molecule is CC(C(=O)NCCCc1cccc(N2CC3CN(C(=O)c4c(F)cccc4Cl)CC3C2)c1)c1ccccc1. The van der Waals surface area contributed by atoms with Gasteiger partial charge in [0.1, 0.15) is 5.82 Å². The molecular formula is C31H33ClFN3O2. The third-order valence-corrected chi connectivity index (χ3v) is 8.18. The summed E-state index contributed by atoms with van der Waals surface area (Å²) in [5.74, 6) is -0.281. The maximum absolute atomic E-state index is 14.3. The van der Waals surface area contributed by atoms with Crippen LogP contribution in [-0.2, 0) is 11.2 Å². The molecule has 198 valence electrons. The van der Waals surface area contributed by atoms with E-state index in [0.29, 0.717) is 31.5 Å². The molecule has 2 aliphatic rings. The lowest BCUT2D eigenvalue weighted by molar-refractivity contribution is -0.122. The van der Waals surface area contributed by atoms with Gasteiger partial charge in [-0.2, -0.15) is 0 Å². The Labute approximate surface area is 228 Å². The van der Waals surface area contributed by atoms with Crippen molar-refractivity contribution in [3.8, 4) is 0 Å². The van der Waals surface area contributed by atoms with Crippen molar-refractivity contribution in [1.29, 1.82) is 0 Å². The minimum Gasteiger partial charge on any atom is -0.371 e. The smallest absolute Gasteiger partial charge is 0.258 e. The van der Waals surface area contributed by atoms with Gasteiger partial charge in [0.05, 0.1) is 16.5 Å². The number of hydrogen-bond acceptors (Lipinski definition) is 3. The summed E-state index contributed by atoms with van der Waals surface area (Å²) in [5, 5.41) is 3.23. The fraction of sp³-hybridized carbons (Fsp3) is 0.355. The van der Waals surface area contributed by atoms with Crippen LogP contribution in [0, 0.1) is 17.7 Å². The molecule has 38 heavy (non-hydrogen) atoms. The third-order valence-electron chi connectivity index (χ3n) is 7.86. The first-order valence-corrected chi connectivity index (χ1v) is 13.7. The summed E-state index contributed by atoms with van der Waals surface area (Å²) < 4.78 is 14.3. The van der Waals surface area contributed by atoms with E-state index < -0.39 is 5.82 Å². The average molecular weight is 534 g/mol. The van der Waals surface area contributed by atoms with E-state index in [-0.39, 0.29) is 28.3 Å². The Morgan fingerprint density at radius 1 is 0.974 bits per heavy atom. The average Bonchev–Trinajstić information content (AvgIpc) is 3.51. The number of benzene rings is 3. The standard InChI is InChI=1S/C31H33ClFN3O2/c1-21(23-10-3-2-4-11-23)30(37)34-15-7-9-22-8-5-12-26(16-22)35-17-24-19-36(20-25(24)18-35)31(38)29-27(32)13-6-14-28(29)33/h2-6,8,10-14,16,21,24-25H,7,9,15,17-20H2,1H3,(H,34,37). The Morgan fingerprint density at radius 2 is 1.68 bits per heavy atom. The van der Waals surface area contributed by atoms with Gasteiger partial charge in [-0.25, -0.2) is 4.39 Å². The Balaban J connectivity index is 1.10. The van der Waals surface area contributed by atoms with E-state index in [2.05, 4.69) is 34.5 Å². The topological polar surface area (TPSA) is 52.7 Å². The van der Waals surface area contributed by atoms with Gasteiger partial charge in [-0.3, -0.25) is 9.59 Å². The van der Waals surface area contributed by atoms with Gasteiger partial charge >= 0.3 is 0 Å². The number of amides is 2. The maximum atomic E-state index is 14.3. The van der Waals surface area contributed by atoms with E-state index in [1.54, 1.807) is 11.0 Å². The van der Waals surface area contributed by atoms with E-state index in [9.17, 15) is 14.0 Å². The summed E-state index contributed by atoms with van der Waals surface area (Å²) in [5.41, 5.74) is 3.44. The molecule has 5 nitrogen and oxygen atoms in total. The monoisotopic (exact) mass is 533 g/mol. The number of fused-ring (bicyclic) bond motifs is 1. The zero-order valence-electron chi connectivity index (χ0n) is 21.6. The predicted molar refractivity (Wildman–Crippen MR) is 149 cm³/mol. The van der Waals surface area contributed by atoms with Crippen LogP contribution < -0.4 is 10.2 Å². The molecule has 0 bridgehead atoms. The number of nitrogens with one attached hydrogen (secondary N) is 1. The number of rotatable bonds is 8.